The van der Waals surface area contributed by atoms with Gasteiger partial charge in [-0.25, -0.2) is 0 Å². The number of likely N-dealkylation sites (tertiary alicyclic amines) is 1. The second-order valence-electron chi connectivity index (χ2n) is 7.01. The maximum atomic E-state index is 6.07. The molecule has 1 spiro atoms. The van der Waals surface area contributed by atoms with Gasteiger partial charge in [-0.2, -0.15) is 0 Å². The summed E-state index contributed by atoms with van der Waals surface area (Å²) in [7, 11) is 0. The van der Waals surface area contributed by atoms with Gasteiger partial charge in [0.25, 0.3) is 0 Å². The van der Waals surface area contributed by atoms with Crippen LogP contribution in [0, 0.1) is 0 Å². The summed E-state index contributed by atoms with van der Waals surface area (Å²) in [4.78, 5) is 2.58. The lowest BCUT2D eigenvalue weighted by Gasteiger charge is -2.38. The third-order valence-corrected chi connectivity index (χ3v) is 5.59. The first kappa shape index (κ1) is 14.8. The minimum Gasteiger partial charge on any atom is -0.492 e. The average molecular weight is 307 g/mol. The zero-order valence-corrected chi connectivity index (χ0v) is 13.9. The van der Waals surface area contributed by atoms with Gasteiger partial charge in [0.15, 0.2) is 0 Å². The van der Waals surface area contributed by atoms with Crippen molar-refractivity contribution in [3.63, 3.8) is 0 Å². The van der Waals surface area contributed by atoms with Gasteiger partial charge in [-0.3, -0.25) is 4.90 Å². The summed E-state index contributed by atoms with van der Waals surface area (Å²) in [5.74, 6) is 1.14. The Morgan fingerprint density at radius 3 is 2.52 bits per heavy atom. The van der Waals surface area contributed by atoms with Crippen LogP contribution in [-0.4, -0.2) is 24.6 Å². The maximum Gasteiger partial charge on any atom is 0.123 e. The predicted octanol–water partition coefficient (Wildman–Crippen LogP) is 4.18. The molecule has 0 saturated carbocycles. The molecule has 2 aromatic carbocycles. The fourth-order valence-electron chi connectivity index (χ4n) is 4.03. The summed E-state index contributed by atoms with van der Waals surface area (Å²) in [6.45, 7) is 6.46. The molecule has 23 heavy (non-hydrogen) atoms. The molecule has 1 fully saturated rings. The highest BCUT2D eigenvalue weighted by Gasteiger charge is 2.42. The van der Waals surface area contributed by atoms with Crippen LogP contribution in [0.5, 0.6) is 5.75 Å². The summed E-state index contributed by atoms with van der Waals surface area (Å²) in [6, 6.07) is 17.7. The molecule has 1 saturated heterocycles. The van der Waals surface area contributed by atoms with E-state index in [9.17, 15) is 0 Å². The Morgan fingerprint density at radius 1 is 1.00 bits per heavy atom. The largest absolute Gasteiger partial charge is 0.492 e. The standard InChI is InChI=1S/C21H25NO/c1-2-17-8-9-19-20(14-17)23-16-21(19)10-12-22(13-11-21)15-18-6-4-3-5-7-18/h3-9,14H,2,10-13,15-16H2,1H3. The minimum absolute atomic E-state index is 0.259. The van der Waals surface area contributed by atoms with Gasteiger partial charge in [-0.15, -0.1) is 0 Å². The molecule has 0 aliphatic carbocycles. The molecule has 0 aromatic heterocycles. The van der Waals surface area contributed by atoms with Crippen molar-refractivity contribution < 1.29 is 4.74 Å². The average Bonchev–Trinajstić information content (AvgIpc) is 2.96. The molecule has 120 valence electrons. The van der Waals surface area contributed by atoms with E-state index in [0.29, 0.717) is 0 Å². The molecular weight excluding hydrogens is 282 g/mol. The number of aryl methyl sites for hydroxylation is 1. The Kier molecular flexibility index (Phi) is 3.86. The first-order valence-electron chi connectivity index (χ1n) is 8.82. The van der Waals surface area contributed by atoms with Crippen LogP contribution in [0.3, 0.4) is 0 Å². The smallest absolute Gasteiger partial charge is 0.123 e. The molecule has 0 amide bonds. The Bertz CT molecular complexity index is 671. The lowest BCUT2D eigenvalue weighted by molar-refractivity contribution is 0.130. The lowest BCUT2D eigenvalue weighted by Crippen LogP contribution is -2.43. The van der Waals surface area contributed by atoms with Gasteiger partial charge in [0, 0.05) is 17.5 Å². The van der Waals surface area contributed by atoms with Crippen LogP contribution in [-0.2, 0) is 18.4 Å². The first-order valence-corrected chi connectivity index (χ1v) is 8.82. The van der Waals surface area contributed by atoms with Gasteiger partial charge in [0.1, 0.15) is 5.75 Å². The van der Waals surface area contributed by atoms with E-state index in [-0.39, 0.29) is 5.41 Å². The molecule has 2 aliphatic heterocycles. The van der Waals surface area contributed by atoms with Crippen LogP contribution < -0.4 is 4.74 Å². The Morgan fingerprint density at radius 2 is 1.78 bits per heavy atom. The highest BCUT2D eigenvalue weighted by molar-refractivity contribution is 5.46. The molecule has 0 atom stereocenters. The van der Waals surface area contributed by atoms with Gasteiger partial charge < -0.3 is 4.74 Å². The van der Waals surface area contributed by atoms with Crippen molar-refractivity contribution in [2.75, 3.05) is 19.7 Å². The second-order valence-corrected chi connectivity index (χ2v) is 7.01. The maximum absolute atomic E-state index is 6.07. The van der Waals surface area contributed by atoms with Gasteiger partial charge in [-0.1, -0.05) is 49.4 Å². The lowest BCUT2D eigenvalue weighted by atomic mass is 9.74. The second kappa shape index (κ2) is 6.01. The number of ether oxygens (including phenoxy) is 1. The van der Waals surface area contributed by atoms with Crippen molar-refractivity contribution in [1.82, 2.24) is 4.90 Å². The van der Waals surface area contributed by atoms with Gasteiger partial charge in [0.05, 0.1) is 6.61 Å². The molecule has 2 heteroatoms. The van der Waals surface area contributed by atoms with Crippen LogP contribution in [0.2, 0.25) is 0 Å². The first-order chi connectivity index (χ1) is 11.3. The SMILES string of the molecule is CCc1ccc2c(c1)OCC21CCN(Cc2ccccc2)CC1. The number of rotatable bonds is 3. The van der Waals surface area contributed by atoms with Crippen molar-refractivity contribution in [3.8, 4) is 5.75 Å². The Hall–Kier alpha value is -1.80. The summed E-state index contributed by atoms with van der Waals surface area (Å²) < 4.78 is 6.07. The highest BCUT2D eigenvalue weighted by Crippen LogP contribution is 2.45. The van der Waals surface area contributed by atoms with E-state index in [2.05, 4.69) is 60.4 Å². The van der Waals surface area contributed by atoms with Crippen LogP contribution in [0.15, 0.2) is 48.5 Å². The summed E-state index contributed by atoms with van der Waals surface area (Å²) in [5.41, 5.74) is 4.50. The topological polar surface area (TPSA) is 12.5 Å². The van der Waals surface area contributed by atoms with Crippen molar-refractivity contribution in [3.05, 3.63) is 65.2 Å². The normalized spacial score (nSPS) is 19.5. The molecule has 0 bridgehead atoms. The number of hydrogen-bond donors (Lipinski definition) is 0. The van der Waals surface area contributed by atoms with Crippen LogP contribution in [0.25, 0.3) is 0 Å². The zero-order valence-electron chi connectivity index (χ0n) is 13.9. The molecule has 4 rings (SSSR count). The summed E-state index contributed by atoms with van der Waals surface area (Å²) >= 11 is 0. The van der Waals surface area contributed by atoms with Crippen molar-refractivity contribution >= 4 is 0 Å². The van der Waals surface area contributed by atoms with E-state index in [1.54, 1.807) is 0 Å². The van der Waals surface area contributed by atoms with Gasteiger partial charge >= 0.3 is 0 Å². The monoisotopic (exact) mass is 307 g/mol. The third-order valence-electron chi connectivity index (χ3n) is 5.59. The van der Waals surface area contributed by atoms with E-state index in [4.69, 9.17) is 4.74 Å². The minimum atomic E-state index is 0.259. The molecule has 2 aromatic rings. The van der Waals surface area contributed by atoms with Crippen LogP contribution in [0.4, 0.5) is 0 Å². The van der Waals surface area contributed by atoms with Crippen molar-refractivity contribution in [2.45, 2.75) is 38.1 Å². The molecule has 0 radical (unpaired) electrons. The van der Waals surface area contributed by atoms with E-state index in [1.165, 1.54) is 29.5 Å². The predicted molar refractivity (Wildman–Crippen MR) is 93.9 cm³/mol. The fourth-order valence-corrected chi connectivity index (χ4v) is 4.03. The molecular formula is C21H25NO. The van der Waals surface area contributed by atoms with Crippen molar-refractivity contribution in [2.24, 2.45) is 0 Å². The Balaban J connectivity index is 1.46. The quantitative estimate of drug-likeness (QED) is 0.843. The number of fused-ring (bicyclic) bond motifs is 2. The molecule has 2 aliphatic rings. The molecule has 2 heterocycles. The van der Waals surface area contributed by atoms with E-state index in [1.807, 2.05) is 0 Å². The van der Waals surface area contributed by atoms with Gasteiger partial charge in [-0.05, 0) is 49.5 Å². The molecule has 0 N–H and O–H groups in total. The van der Waals surface area contributed by atoms with Gasteiger partial charge in [0.2, 0.25) is 0 Å². The van der Waals surface area contributed by atoms with E-state index < -0.39 is 0 Å². The summed E-state index contributed by atoms with van der Waals surface area (Å²) in [5, 5.41) is 0. The number of piperidine rings is 1. The number of nitrogens with zero attached hydrogens (tertiary/aromatic N) is 1. The van der Waals surface area contributed by atoms with E-state index >= 15 is 0 Å². The fraction of sp³-hybridized carbons (Fsp3) is 0.429. The number of benzene rings is 2. The third kappa shape index (κ3) is 2.76. The highest BCUT2D eigenvalue weighted by atomic mass is 16.5. The molecule has 2 nitrogen and oxygen atoms in total. The number of hydrogen-bond acceptors (Lipinski definition) is 2. The van der Waals surface area contributed by atoms with Crippen LogP contribution in [0.1, 0.15) is 36.5 Å². The van der Waals surface area contributed by atoms with Crippen molar-refractivity contribution in [1.29, 1.82) is 0 Å². The zero-order chi connectivity index (χ0) is 15.7. The summed E-state index contributed by atoms with van der Waals surface area (Å²) in [6.07, 6.45) is 3.49. The van der Waals surface area contributed by atoms with Crippen LogP contribution >= 0.6 is 0 Å². The molecule has 0 unspecified atom stereocenters. The van der Waals surface area contributed by atoms with E-state index in [0.717, 1.165) is 38.4 Å². The Labute approximate surface area is 139 Å².